The molecule has 0 amide bonds. The molecule has 14 rings (SSSR count). The summed E-state index contributed by atoms with van der Waals surface area (Å²) in [7, 11) is 0. The number of fused-ring (bicyclic) bond motifs is 7. The minimum absolute atomic E-state index is 0. The number of ether oxygens (including phenoxy) is 1. The summed E-state index contributed by atoms with van der Waals surface area (Å²) in [6, 6.07) is 89.7. The van der Waals surface area contributed by atoms with E-state index in [4.69, 9.17) is 16.3 Å². The van der Waals surface area contributed by atoms with Crippen molar-refractivity contribution in [2.45, 2.75) is 31.6 Å². The van der Waals surface area contributed by atoms with Gasteiger partial charge in [0.25, 0.3) is 0 Å². The first-order valence-corrected chi connectivity index (χ1v) is 26.8. The predicted molar refractivity (Wildman–Crippen MR) is 322 cm³/mol. The molecule has 1 aliphatic heterocycles. The summed E-state index contributed by atoms with van der Waals surface area (Å²) < 4.78 is 9.44. The fourth-order valence-corrected chi connectivity index (χ4v) is 12.2. The van der Waals surface area contributed by atoms with E-state index in [1.807, 2.05) is 42.6 Å². The second kappa shape index (κ2) is 20.1. The second-order valence-corrected chi connectivity index (χ2v) is 21.4. The van der Waals surface area contributed by atoms with Gasteiger partial charge in [0.1, 0.15) is 5.82 Å². The monoisotopic (exact) mass is 1220 g/mol. The van der Waals surface area contributed by atoms with Crippen LogP contribution in [0.4, 0.5) is 28.4 Å². The smallest absolute Gasteiger partial charge is 0.187 e. The molecule has 390 valence electrons. The maximum atomic E-state index is 10.4. The molecule has 2 aromatic heterocycles. The van der Waals surface area contributed by atoms with Gasteiger partial charge in [-0.15, -0.1) is 53.6 Å². The van der Waals surface area contributed by atoms with Crippen LogP contribution in [0.1, 0.15) is 54.2 Å². The van der Waals surface area contributed by atoms with Crippen LogP contribution in [0.5, 0.6) is 11.5 Å². The Labute approximate surface area is 486 Å². The van der Waals surface area contributed by atoms with Crippen LogP contribution in [0.15, 0.2) is 237 Å². The Balaban J connectivity index is 0.00000618. The maximum absolute atomic E-state index is 10.4. The minimum Gasteiger partial charge on any atom is -0.509 e. The molecule has 1 unspecified atom stereocenters. The first kappa shape index (κ1) is 50.7. The molecule has 81 heavy (non-hydrogen) atoms. The van der Waals surface area contributed by atoms with Crippen LogP contribution in [-0.2, 0) is 31.9 Å². The summed E-state index contributed by atoms with van der Waals surface area (Å²) in [5, 5.41) is 12.5. The molecule has 1 atom stereocenters. The van der Waals surface area contributed by atoms with Crippen molar-refractivity contribution in [3.05, 3.63) is 300 Å². The Morgan fingerprint density at radius 2 is 1.22 bits per heavy atom. The molecule has 1 aliphatic carbocycles. The van der Waals surface area contributed by atoms with Gasteiger partial charge in [-0.25, -0.2) is 9.83 Å². The number of benzene rings is 10. The third kappa shape index (κ3) is 8.40. The fourth-order valence-electron chi connectivity index (χ4n) is 12.2. The van der Waals surface area contributed by atoms with Gasteiger partial charge in [-0.2, -0.15) is 11.3 Å². The maximum Gasteiger partial charge on any atom is 0.187 e. The van der Waals surface area contributed by atoms with Crippen molar-refractivity contribution < 1.29 is 25.8 Å². The molecule has 10 aromatic carbocycles. The molecule has 0 spiro atoms. The molecule has 0 fully saturated rings. The molecule has 0 saturated heterocycles. The number of pyridine rings is 1. The van der Waals surface area contributed by atoms with Crippen LogP contribution in [0.3, 0.4) is 0 Å². The number of nitriles is 1. The van der Waals surface area contributed by atoms with Crippen LogP contribution in [0, 0.1) is 36.7 Å². The zero-order valence-corrected chi connectivity index (χ0v) is 46.8. The molecule has 2 aliphatic rings. The zero-order chi connectivity index (χ0) is 54.1. The standard InChI is InChI=1S/C73H49N6O.Pt/c1-72(2,3)52-37-38-76-70(42-52)79-66-28-15-14-25-60(66)61-34-33-56(45-69(61)79)80-57-41-53(73(51-23-12-7-13-24-51)64-35-31-48(46-74)39-62(64)63-43-54(75-4)32-36-65(63)73)40-55(44-57)77-47-78(68-30-17-16-29-67(68)77)71-58(49-19-8-5-9-20-49)26-18-27-59(71)50-21-10-6-11-22-50;/h5-43,47H,1-3H3;/q-3;. The van der Waals surface area contributed by atoms with Crippen molar-refractivity contribution in [2.24, 2.45) is 0 Å². The Morgan fingerprint density at radius 3 is 1.91 bits per heavy atom. The third-order valence-corrected chi connectivity index (χ3v) is 15.8. The molecular weight excluding hydrogens is 1170 g/mol. The Kier molecular flexibility index (Phi) is 12.6. The van der Waals surface area contributed by atoms with Crippen LogP contribution in [0.25, 0.3) is 65.8 Å². The van der Waals surface area contributed by atoms with E-state index in [0.29, 0.717) is 22.7 Å². The molecule has 8 heteroatoms. The number of hydrogen-bond acceptors (Lipinski definition) is 5. The van der Waals surface area contributed by atoms with Gasteiger partial charge < -0.3 is 19.1 Å². The van der Waals surface area contributed by atoms with E-state index in [0.717, 1.165) is 106 Å². The Bertz CT molecular complexity index is 4390. The van der Waals surface area contributed by atoms with E-state index in [1.165, 1.54) is 5.56 Å². The van der Waals surface area contributed by atoms with Gasteiger partial charge in [-0.3, -0.25) is 0 Å². The van der Waals surface area contributed by atoms with Gasteiger partial charge in [-0.1, -0.05) is 184 Å². The van der Waals surface area contributed by atoms with E-state index in [9.17, 15) is 5.26 Å². The normalized spacial score (nSPS) is 14.2. The first-order valence-electron chi connectivity index (χ1n) is 26.8. The number of para-hydroxylation sites is 4. The number of anilines is 4. The summed E-state index contributed by atoms with van der Waals surface area (Å²) in [6.45, 7) is 17.0. The second-order valence-electron chi connectivity index (χ2n) is 21.4. The van der Waals surface area contributed by atoms with E-state index in [2.05, 4.69) is 259 Å². The predicted octanol–water partition coefficient (Wildman–Crippen LogP) is 18.4. The van der Waals surface area contributed by atoms with Crippen molar-refractivity contribution in [2.75, 3.05) is 9.80 Å². The minimum atomic E-state index is -0.953. The van der Waals surface area contributed by atoms with E-state index < -0.39 is 5.41 Å². The molecule has 0 radical (unpaired) electrons. The molecule has 7 nitrogen and oxygen atoms in total. The van der Waals surface area contributed by atoms with Gasteiger partial charge in [0, 0.05) is 77.9 Å². The van der Waals surface area contributed by atoms with Crippen molar-refractivity contribution in [1.29, 1.82) is 5.26 Å². The quantitative estimate of drug-likeness (QED) is 0.135. The van der Waals surface area contributed by atoms with Crippen molar-refractivity contribution in [1.82, 2.24) is 9.55 Å². The Hall–Kier alpha value is -9.78. The van der Waals surface area contributed by atoms with E-state index >= 15 is 0 Å². The van der Waals surface area contributed by atoms with Crippen LogP contribution >= 0.6 is 0 Å². The molecule has 0 saturated carbocycles. The number of rotatable bonds is 9. The fraction of sp³-hybridized carbons (Fsp3) is 0.0685. The summed E-state index contributed by atoms with van der Waals surface area (Å²) >= 11 is 0. The van der Waals surface area contributed by atoms with Crippen LogP contribution in [-0.4, -0.2) is 9.55 Å². The summed E-state index contributed by atoms with van der Waals surface area (Å²) in [6.07, 6.45) is 1.89. The molecular formula is C73H49N6OPt-3. The van der Waals surface area contributed by atoms with Crippen LogP contribution < -0.4 is 14.5 Å². The Morgan fingerprint density at radius 1 is 0.580 bits per heavy atom. The third-order valence-electron chi connectivity index (χ3n) is 15.8. The van der Waals surface area contributed by atoms with Crippen molar-refractivity contribution in [3.8, 4) is 56.8 Å². The number of aromatic nitrogens is 2. The topological polar surface area (TPSA) is 61.7 Å². The number of hydrogen-bond donors (Lipinski definition) is 0. The van der Waals surface area contributed by atoms with Crippen LogP contribution in [0.2, 0.25) is 0 Å². The largest absolute Gasteiger partial charge is 0.509 e. The van der Waals surface area contributed by atoms with Gasteiger partial charge >= 0.3 is 0 Å². The molecule has 3 heterocycles. The molecule has 0 bridgehead atoms. The summed E-state index contributed by atoms with van der Waals surface area (Å²) in [5.41, 5.74) is 16.8. The van der Waals surface area contributed by atoms with Crippen molar-refractivity contribution >= 4 is 50.2 Å². The average Bonchev–Trinajstić information content (AvgIpc) is 4.19. The summed E-state index contributed by atoms with van der Waals surface area (Å²) in [5.74, 6) is 1.78. The van der Waals surface area contributed by atoms with Gasteiger partial charge in [-0.05, 0) is 104 Å². The van der Waals surface area contributed by atoms with E-state index in [-0.39, 0.29) is 26.5 Å². The summed E-state index contributed by atoms with van der Waals surface area (Å²) in [4.78, 5) is 13.4. The van der Waals surface area contributed by atoms with Gasteiger partial charge in [0.05, 0.1) is 18.2 Å². The number of nitrogens with zero attached hydrogens (tertiary/aromatic N) is 6. The molecule has 0 N–H and O–H groups in total. The first-order chi connectivity index (χ1) is 39.2. The average molecular weight is 1220 g/mol. The SMILES string of the molecule is [C-]#[N+]c1ccc2c(c1)-c1cc(C#N)ccc1C2(c1ccccc1)c1cc(Oc2[c-]c3c(cc2)c2ccccc2n3-c2cc(C(C)(C)C)ccn2)[c-]c(N2[CH-]N(c3c(-c4ccccc4)cccc3-c3ccccc3)c3ccccc32)c1.[Pt]. The van der Waals surface area contributed by atoms with E-state index in [1.54, 1.807) is 0 Å². The van der Waals surface area contributed by atoms with Crippen molar-refractivity contribution in [3.63, 3.8) is 0 Å². The molecule has 12 aromatic rings. The van der Waals surface area contributed by atoms with Gasteiger partial charge in [0.2, 0.25) is 0 Å². The van der Waals surface area contributed by atoms with Gasteiger partial charge in [0.15, 0.2) is 5.69 Å². The zero-order valence-electron chi connectivity index (χ0n) is 44.5.